The predicted octanol–water partition coefficient (Wildman–Crippen LogP) is 5.00. The highest BCUT2D eigenvalue weighted by Gasteiger charge is 2.46. The third-order valence-corrected chi connectivity index (χ3v) is 6.74. The summed E-state index contributed by atoms with van der Waals surface area (Å²) in [5, 5.41) is 26.5. The monoisotopic (exact) mass is 452 g/mol. The van der Waals surface area contributed by atoms with E-state index in [-0.39, 0.29) is 0 Å². The van der Waals surface area contributed by atoms with Gasteiger partial charge in [-0.05, 0) is 62.5 Å². The van der Waals surface area contributed by atoms with Crippen LogP contribution >= 0.6 is 11.3 Å². The second-order valence-corrected chi connectivity index (χ2v) is 10.2. The zero-order valence-electron chi connectivity index (χ0n) is 18.0. The second-order valence-electron chi connectivity index (χ2n) is 9.09. The first kappa shape index (κ1) is 20.8. The van der Waals surface area contributed by atoms with Gasteiger partial charge in [-0.25, -0.2) is 9.78 Å². The minimum absolute atomic E-state index is 0.456. The molecule has 1 amide bonds. The lowest BCUT2D eigenvalue weighted by molar-refractivity contribution is 0.0636. The molecule has 2 aromatic heterocycles. The Hall–Kier alpha value is -3.11. The van der Waals surface area contributed by atoms with E-state index >= 15 is 0 Å². The molecule has 3 heterocycles. The summed E-state index contributed by atoms with van der Waals surface area (Å²) in [5.74, 6) is 0.456. The van der Waals surface area contributed by atoms with E-state index in [0.29, 0.717) is 17.2 Å². The van der Waals surface area contributed by atoms with Crippen molar-refractivity contribution in [2.75, 3.05) is 5.32 Å². The molecule has 0 spiro atoms. The van der Waals surface area contributed by atoms with E-state index in [9.17, 15) is 9.90 Å². The first-order chi connectivity index (χ1) is 15.3. The molecule has 0 saturated heterocycles. The molecule has 10 heteroatoms. The molecular weight excluding hydrogens is 428 g/mol. The summed E-state index contributed by atoms with van der Waals surface area (Å²) >= 11 is 1.66. The van der Waals surface area contributed by atoms with Crippen molar-refractivity contribution >= 4 is 34.2 Å². The highest BCUT2D eigenvalue weighted by molar-refractivity contribution is 7.17. The highest BCUT2D eigenvalue weighted by Crippen LogP contribution is 2.50. The van der Waals surface area contributed by atoms with Crippen LogP contribution < -0.4 is 5.32 Å². The molecule has 32 heavy (non-hydrogen) atoms. The van der Waals surface area contributed by atoms with E-state index in [0.717, 1.165) is 28.2 Å². The lowest BCUT2D eigenvalue weighted by atomic mass is 9.84. The normalized spacial score (nSPS) is 21.2. The zero-order valence-corrected chi connectivity index (χ0v) is 18.8. The van der Waals surface area contributed by atoms with Gasteiger partial charge in [0.05, 0.1) is 18.1 Å². The molecule has 2 N–H and O–H groups in total. The number of aliphatic hydroxyl groups excluding tert-OH is 1. The van der Waals surface area contributed by atoms with Gasteiger partial charge < -0.3 is 9.84 Å². The van der Waals surface area contributed by atoms with Gasteiger partial charge in [0.25, 0.3) is 0 Å². The number of hydrogen-bond acceptors (Lipinski definition) is 8. The maximum Gasteiger partial charge on any atom is 0.412 e. The zero-order chi connectivity index (χ0) is 22.5. The molecule has 0 radical (unpaired) electrons. The molecule has 2 aliphatic rings. The first-order valence-electron chi connectivity index (χ1n) is 10.5. The van der Waals surface area contributed by atoms with Gasteiger partial charge in [-0.2, -0.15) is 0 Å². The SMILES string of the molecule is CC(C)(C)OC(=O)Nc1ccc(C2(C(O)c3c(C4CC4)sc4cncn34)C=NN=N2)cc1. The third-order valence-electron chi connectivity index (χ3n) is 5.46. The fourth-order valence-corrected chi connectivity index (χ4v) is 5.13. The van der Waals surface area contributed by atoms with Crippen molar-refractivity contribution in [3.63, 3.8) is 0 Å². The van der Waals surface area contributed by atoms with Crippen LogP contribution in [-0.2, 0) is 10.3 Å². The average Bonchev–Trinajstić information content (AvgIpc) is 3.12. The maximum atomic E-state index is 12.1. The number of thiazole rings is 1. The molecule has 1 aromatic carbocycles. The Balaban J connectivity index is 1.47. The van der Waals surface area contributed by atoms with Gasteiger partial charge in [-0.1, -0.05) is 12.1 Å². The van der Waals surface area contributed by atoms with Crippen molar-refractivity contribution in [1.82, 2.24) is 9.38 Å². The van der Waals surface area contributed by atoms with Crippen LogP contribution in [0.3, 0.4) is 0 Å². The van der Waals surface area contributed by atoms with Crippen LogP contribution in [0, 0.1) is 0 Å². The topological polar surface area (TPSA) is 113 Å². The van der Waals surface area contributed by atoms with Gasteiger partial charge in [0, 0.05) is 10.6 Å². The number of carbonyl (C=O) groups is 1. The summed E-state index contributed by atoms with van der Waals surface area (Å²) in [6, 6.07) is 7.11. The van der Waals surface area contributed by atoms with E-state index in [4.69, 9.17) is 4.74 Å². The number of hydrogen-bond donors (Lipinski definition) is 2. The predicted molar refractivity (Wildman–Crippen MR) is 121 cm³/mol. The molecule has 3 aromatic rings. The fourth-order valence-electron chi connectivity index (χ4n) is 3.83. The summed E-state index contributed by atoms with van der Waals surface area (Å²) in [6.07, 6.45) is 5.81. The van der Waals surface area contributed by atoms with Crippen molar-refractivity contribution in [2.24, 2.45) is 15.4 Å². The van der Waals surface area contributed by atoms with Crippen LogP contribution in [0.2, 0.25) is 0 Å². The Morgan fingerprint density at radius 1 is 1.31 bits per heavy atom. The summed E-state index contributed by atoms with van der Waals surface area (Å²) in [6.45, 7) is 5.43. The summed E-state index contributed by atoms with van der Waals surface area (Å²) in [7, 11) is 0. The number of aromatic nitrogens is 2. The van der Waals surface area contributed by atoms with E-state index in [1.807, 2.05) is 25.2 Å². The smallest absolute Gasteiger partial charge is 0.412 e. The van der Waals surface area contributed by atoms with E-state index < -0.39 is 23.3 Å². The number of nitrogens with zero attached hydrogens (tertiary/aromatic N) is 5. The molecule has 5 rings (SSSR count). The van der Waals surface area contributed by atoms with Crippen LogP contribution in [0.25, 0.3) is 4.83 Å². The number of anilines is 1. The standard InChI is InChI=1S/C22H24N6O3S/c1-21(2,3)31-20(30)25-15-8-6-14(7-9-15)22(11-24-27-26-22)19(29)17-18(13-4-5-13)32-16-10-23-12-28(16)17/h6-13,19,29H,4-5H2,1-3H3,(H,25,30). The highest BCUT2D eigenvalue weighted by atomic mass is 32.1. The number of ether oxygens (including phenoxy) is 1. The number of fused-ring (bicyclic) bond motifs is 1. The molecule has 2 atom stereocenters. The van der Waals surface area contributed by atoms with Gasteiger partial charge in [-0.3, -0.25) is 9.72 Å². The summed E-state index contributed by atoms with van der Waals surface area (Å²) in [5.41, 5.74) is 0.328. The fraction of sp³-hybridized carbons (Fsp3) is 0.409. The number of imidazole rings is 1. The van der Waals surface area contributed by atoms with Gasteiger partial charge in [-0.15, -0.1) is 21.6 Å². The molecule has 1 saturated carbocycles. The molecule has 1 fully saturated rings. The van der Waals surface area contributed by atoms with Gasteiger partial charge >= 0.3 is 6.09 Å². The second kappa shape index (κ2) is 7.49. The first-order valence-corrected chi connectivity index (χ1v) is 11.3. The van der Waals surface area contributed by atoms with Crippen molar-refractivity contribution in [1.29, 1.82) is 0 Å². The molecule has 1 aliphatic heterocycles. The van der Waals surface area contributed by atoms with E-state index in [2.05, 4.69) is 25.7 Å². The van der Waals surface area contributed by atoms with Crippen LogP contribution in [0.15, 0.2) is 52.2 Å². The Morgan fingerprint density at radius 3 is 2.69 bits per heavy atom. The van der Waals surface area contributed by atoms with Crippen LogP contribution in [0.5, 0.6) is 0 Å². The van der Waals surface area contributed by atoms with Crippen LogP contribution in [0.1, 0.15) is 61.8 Å². The molecule has 166 valence electrons. The largest absolute Gasteiger partial charge is 0.444 e. The number of amides is 1. The van der Waals surface area contributed by atoms with Gasteiger partial charge in [0.2, 0.25) is 0 Å². The number of aliphatic hydroxyl groups is 1. The average molecular weight is 453 g/mol. The lowest BCUT2D eigenvalue weighted by Crippen LogP contribution is -2.33. The Bertz CT molecular complexity index is 1200. The van der Waals surface area contributed by atoms with Crippen molar-refractivity contribution in [3.05, 3.63) is 52.9 Å². The van der Waals surface area contributed by atoms with E-state index in [1.54, 1.807) is 54.3 Å². The van der Waals surface area contributed by atoms with Crippen LogP contribution in [0.4, 0.5) is 10.5 Å². The molecule has 9 nitrogen and oxygen atoms in total. The number of nitrogens with one attached hydrogen (secondary N) is 1. The molecular formula is C22H24N6O3S. The maximum absolute atomic E-state index is 12.1. The summed E-state index contributed by atoms with van der Waals surface area (Å²) in [4.78, 5) is 18.4. The molecule has 2 unspecified atom stereocenters. The van der Waals surface area contributed by atoms with Crippen LogP contribution in [-0.4, -0.2) is 32.4 Å². The number of benzene rings is 1. The van der Waals surface area contributed by atoms with Crippen molar-refractivity contribution < 1.29 is 14.6 Å². The minimum atomic E-state index is -1.16. The Labute approximate surface area is 188 Å². The minimum Gasteiger partial charge on any atom is -0.444 e. The molecule has 1 aliphatic carbocycles. The van der Waals surface area contributed by atoms with E-state index in [1.165, 1.54) is 0 Å². The number of rotatable bonds is 5. The van der Waals surface area contributed by atoms with Crippen molar-refractivity contribution in [3.8, 4) is 0 Å². The number of carbonyl (C=O) groups excluding carboxylic acids is 1. The molecule has 0 bridgehead atoms. The third kappa shape index (κ3) is 3.69. The van der Waals surface area contributed by atoms with Gasteiger partial charge in [0.15, 0.2) is 5.54 Å². The quantitative estimate of drug-likeness (QED) is 0.567. The Morgan fingerprint density at radius 2 is 2.06 bits per heavy atom. The summed E-state index contributed by atoms with van der Waals surface area (Å²) < 4.78 is 7.24. The lowest BCUT2D eigenvalue weighted by Gasteiger charge is -2.28. The van der Waals surface area contributed by atoms with Crippen molar-refractivity contribution in [2.45, 2.75) is 56.8 Å². The Kier molecular flexibility index (Phi) is 4.86. The van der Waals surface area contributed by atoms with Gasteiger partial charge in [0.1, 0.15) is 22.9 Å².